The van der Waals surface area contributed by atoms with Gasteiger partial charge in [-0.3, -0.25) is 24.5 Å². The topological polar surface area (TPSA) is 145 Å². The molecule has 1 saturated heterocycles. The highest BCUT2D eigenvalue weighted by molar-refractivity contribution is 5.92. The molecule has 0 radical (unpaired) electrons. The number of rotatable bonds is 12. The Bertz CT molecular complexity index is 1460. The summed E-state index contributed by atoms with van der Waals surface area (Å²) in [6.07, 6.45) is 1.05. The summed E-state index contributed by atoms with van der Waals surface area (Å²) in [5.41, 5.74) is -1.76. The number of hydrogen-bond acceptors (Lipinski definition) is 7. The van der Waals surface area contributed by atoms with E-state index >= 15 is 0 Å². The number of hydrogen-bond donors (Lipinski definition) is 3. The van der Waals surface area contributed by atoms with E-state index in [1.165, 1.54) is 18.3 Å². The third kappa shape index (κ3) is 8.57. The first-order valence-electron chi connectivity index (χ1n) is 13.9. The molecule has 3 atom stereocenters. The molecule has 3 N–H and O–H groups in total. The Kier molecular flexibility index (Phi) is 11.1. The van der Waals surface area contributed by atoms with Crippen molar-refractivity contribution in [2.24, 2.45) is 5.92 Å². The van der Waals surface area contributed by atoms with Gasteiger partial charge in [0, 0.05) is 27.6 Å². The van der Waals surface area contributed by atoms with E-state index in [2.05, 4.69) is 16.0 Å². The van der Waals surface area contributed by atoms with E-state index < -0.39 is 82.6 Å². The maximum absolute atomic E-state index is 14.1. The predicted octanol–water partition coefficient (Wildman–Crippen LogP) is 4.24. The molecule has 3 rings (SSSR count). The number of anilines is 1. The number of ether oxygens (including phenoxy) is 2. The normalized spacial score (nSPS) is 16.1. The molecule has 1 fully saturated rings. The number of carbonyl (C=O) groups is 4. The lowest BCUT2D eigenvalue weighted by Gasteiger charge is -2.25. The first kappa shape index (κ1) is 34.1. The Morgan fingerprint density at radius 2 is 1.80 bits per heavy atom. The summed E-state index contributed by atoms with van der Waals surface area (Å²) in [6, 6.07) is 0.0896. The zero-order chi connectivity index (χ0) is 32.8. The minimum absolute atomic E-state index is 0. The van der Waals surface area contributed by atoms with Gasteiger partial charge >= 0.3 is 6.09 Å². The van der Waals surface area contributed by atoms with Gasteiger partial charge in [0.2, 0.25) is 23.4 Å². The Morgan fingerprint density at radius 1 is 1.14 bits per heavy atom. The third-order valence-corrected chi connectivity index (χ3v) is 6.63. The van der Waals surface area contributed by atoms with Crippen LogP contribution in [0.2, 0.25) is 0 Å². The van der Waals surface area contributed by atoms with Crippen molar-refractivity contribution in [2.45, 2.75) is 71.1 Å². The Morgan fingerprint density at radius 3 is 2.36 bits per heavy atom. The Labute approximate surface area is 253 Å². The van der Waals surface area contributed by atoms with Gasteiger partial charge in [0.05, 0.1) is 6.04 Å². The average Bonchev–Trinajstić information content (AvgIpc) is 3.34. The minimum Gasteiger partial charge on any atom is -0.479 e. The van der Waals surface area contributed by atoms with Crippen LogP contribution in [-0.4, -0.2) is 53.1 Å². The van der Waals surface area contributed by atoms with E-state index in [0.717, 1.165) is 4.57 Å². The van der Waals surface area contributed by atoms with Gasteiger partial charge in [0.25, 0.3) is 5.56 Å². The van der Waals surface area contributed by atoms with Crippen molar-refractivity contribution in [3.63, 3.8) is 0 Å². The molecule has 3 unspecified atom stereocenters. The van der Waals surface area contributed by atoms with Gasteiger partial charge in [0.1, 0.15) is 23.9 Å². The number of benzene rings is 1. The lowest BCUT2D eigenvalue weighted by atomic mass is 9.95. The van der Waals surface area contributed by atoms with Gasteiger partial charge in [-0.15, -0.1) is 0 Å². The van der Waals surface area contributed by atoms with Crippen molar-refractivity contribution in [1.29, 1.82) is 0 Å². The minimum atomic E-state index is -1.85. The second-order valence-electron chi connectivity index (χ2n) is 11.2. The standard InChI is InChI=1S/C29H34F4N4O7.2H2/c1-5-7-20(37-11-6-8-18(27(37)41)36-28(42)44-29(2,3)4)26(40)35-19(12-15-9-10-34-25(15)39)21(38)14-43-24-22(32)16(30)13-17(31)23(24)33;;/h6,8,11,13,15,19-20H,5,7,9-10,12,14H2,1-4H3,(H,34,39)(H,35,40)(H,36,42);2*1H. The highest BCUT2D eigenvalue weighted by Gasteiger charge is 2.34. The third-order valence-electron chi connectivity index (χ3n) is 6.63. The lowest BCUT2D eigenvalue weighted by molar-refractivity contribution is -0.132. The first-order valence-corrected chi connectivity index (χ1v) is 13.9. The fourth-order valence-corrected chi connectivity index (χ4v) is 4.55. The van der Waals surface area contributed by atoms with Crippen LogP contribution in [0.1, 0.15) is 62.3 Å². The zero-order valence-electron chi connectivity index (χ0n) is 24.6. The molecule has 0 spiro atoms. The van der Waals surface area contributed by atoms with Crippen molar-refractivity contribution in [2.75, 3.05) is 18.5 Å². The molecule has 0 aliphatic carbocycles. The summed E-state index contributed by atoms with van der Waals surface area (Å²) < 4.78 is 66.4. The van der Waals surface area contributed by atoms with Gasteiger partial charge < -0.3 is 24.7 Å². The van der Waals surface area contributed by atoms with Crippen LogP contribution in [0, 0.1) is 29.2 Å². The highest BCUT2D eigenvalue weighted by atomic mass is 19.2. The number of carbonyl (C=O) groups excluding carboxylic acids is 4. The molecule has 0 saturated carbocycles. The molecule has 2 aromatic rings. The number of nitrogens with one attached hydrogen (secondary N) is 3. The highest BCUT2D eigenvalue weighted by Crippen LogP contribution is 2.27. The van der Waals surface area contributed by atoms with Crippen LogP contribution >= 0.6 is 0 Å². The molecule has 1 aromatic heterocycles. The molecular weight excluding hydrogens is 592 g/mol. The van der Waals surface area contributed by atoms with Crippen LogP contribution in [0.5, 0.6) is 5.75 Å². The number of Topliss-reactive ketones (excluding diaryl/α,β-unsaturated/α-hetero) is 1. The molecule has 244 valence electrons. The SMILES string of the molecule is CCCC(C(=O)NC(CC1CCNC1=O)C(=O)COc1c(F)c(F)cc(F)c1F)n1cccc(NC(=O)OC(C)(C)C)c1=O.[HH].[HH]. The van der Waals surface area contributed by atoms with Crippen molar-refractivity contribution >= 4 is 29.4 Å². The Hall–Kier alpha value is -4.43. The molecule has 3 amide bonds. The molecule has 11 nitrogen and oxygen atoms in total. The van der Waals surface area contributed by atoms with Gasteiger partial charge in [-0.25, -0.2) is 13.6 Å². The van der Waals surface area contributed by atoms with Gasteiger partial charge in [-0.05, 0) is 52.2 Å². The summed E-state index contributed by atoms with van der Waals surface area (Å²) >= 11 is 0. The zero-order valence-corrected chi connectivity index (χ0v) is 24.6. The van der Waals surface area contributed by atoms with Gasteiger partial charge in [-0.2, -0.15) is 8.78 Å². The van der Waals surface area contributed by atoms with Crippen molar-refractivity contribution in [1.82, 2.24) is 15.2 Å². The molecule has 44 heavy (non-hydrogen) atoms. The Balaban J connectivity index is 0.00000529. The van der Waals surface area contributed by atoms with Crippen LogP contribution in [-0.2, 0) is 19.1 Å². The summed E-state index contributed by atoms with van der Waals surface area (Å²) in [5.74, 6) is -11.5. The fourth-order valence-electron chi connectivity index (χ4n) is 4.55. The van der Waals surface area contributed by atoms with Crippen molar-refractivity contribution in [3.05, 3.63) is 58.0 Å². The van der Waals surface area contributed by atoms with Crippen LogP contribution in [0.15, 0.2) is 29.2 Å². The lowest BCUT2D eigenvalue weighted by Crippen LogP contribution is -2.48. The molecular formula is C29H38F4N4O7. The van der Waals surface area contributed by atoms with Crippen molar-refractivity contribution < 1.29 is 49.1 Å². The van der Waals surface area contributed by atoms with Crippen molar-refractivity contribution in [3.8, 4) is 5.75 Å². The van der Waals surface area contributed by atoms with E-state index in [-0.39, 0.29) is 33.4 Å². The number of aromatic nitrogens is 1. The quantitative estimate of drug-likeness (QED) is 0.235. The van der Waals surface area contributed by atoms with Crippen LogP contribution in [0.3, 0.4) is 0 Å². The predicted molar refractivity (Wildman–Crippen MR) is 153 cm³/mol. The second kappa shape index (κ2) is 14.4. The van der Waals surface area contributed by atoms with Crippen LogP contribution in [0.4, 0.5) is 28.0 Å². The van der Waals surface area contributed by atoms with Crippen LogP contribution in [0.25, 0.3) is 0 Å². The molecule has 2 heterocycles. The van der Waals surface area contributed by atoms with Crippen LogP contribution < -0.4 is 26.2 Å². The number of ketones is 1. The van der Waals surface area contributed by atoms with E-state index in [4.69, 9.17) is 9.47 Å². The second-order valence-corrected chi connectivity index (χ2v) is 11.2. The maximum Gasteiger partial charge on any atom is 0.412 e. The van der Waals surface area contributed by atoms with E-state index in [1.54, 1.807) is 27.7 Å². The molecule has 1 aromatic carbocycles. The number of nitrogens with zero attached hydrogens (tertiary/aromatic N) is 1. The summed E-state index contributed by atoms with van der Waals surface area (Å²) in [4.78, 5) is 64.5. The molecule has 1 aliphatic rings. The summed E-state index contributed by atoms with van der Waals surface area (Å²) in [5, 5.41) is 7.44. The smallest absolute Gasteiger partial charge is 0.412 e. The molecule has 0 bridgehead atoms. The largest absolute Gasteiger partial charge is 0.479 e. The van der Waals surface area contributed by atoms with E-state index in [9.17, 15) is 41.5 Å². The number of amides is 3. The maximum atomic E-state index is 14.1. The molecule has 1 aliphatic heterocycles. The van der Waals surface area contributed by atoms with E-state index in [0.29, 0.717) is 19.4 Å². The van der Waals surface area contributed by atoms with E-state index in [1.807, 2.05) is 0 Å². The summed E-state index contributed by atoms with van der Waals surface area (Å²) in [6.45, 7) is 5.87. The summed E-state index contributed by atoms with van der Waals surface area (Å²) in [7, 11) is 0. The number of pyridine rings is 1. The monoisotopic (exact) mass is 630 g/mol. The fraction of sp³-hybridized carbons (Fsp3) is 0.483. The van der Waals surface area contributed by atoms with Gasteiger partial charge in [0.15, 0.2) is 23.2 Å². The number of halogens is 4. The molecule has 15 heteroatoms. The first-order chi connectivity index (χ1) is 20.6. The van der Waals surface area contributed by atoms with Gasteiger partial charge in [-0.1, -0.05) is 13.3 Å². The average molecular weight is 631 g/mol.